The van der Waals surface area contributed by atoms with Gasteiger partial charge in [-0.25, -0.2) is 0 Å². The van der Waals surface area contributed by atoms with Crippen LogP contribution in [0.5, 0.6) is 0 Å². The molecule has 1 unspecified atom stereocenters. The Morgan fingerprint density at radius 1 is 1.23 bits per heavy atom. The van der Waals surface area contributed by atoms with Crippen LogP contribution in [0, 0.1) is 13.8 Å². The molecule has 1 atom stereocenters. The molecule has 1 aromatic rings. The number of amides is 2. The van der Waals surface area contributed by atoms with Gasteiger partial charge in [-0.1, -0.05) is 18.2 Å². The second-order valence-electron chi connectivity index (χ2n) is 5.31. The van der Waals surface area contributed by atoms with Gasteiger partial charge in [0.25, 0.3) is 11.8 Å². The van der Waals surface area contributed by atoms with Crippen molar-refractivity contribution in [3.05, 3.63) is 46.4 Å². The molecule has 7 heteroatoms. The normalized spacial score (nSPS) is 21.4. The fourth-order valence-corrected chi connectivity index (χ4v) is 2.71. The number of carbonyl (C=O) groups excluding carboxylic acids is 2. The molecule has 0 aromatic carbocycles. The van der Waals surface area contributed by atoms with Crippen LogP contribution in [0.1, 0.15) is 38.7 Å². The predicted octanol–water partition coefficient (Wildman–Crippen LogP) is 3.31. The molecule has 2 heterocycles. The van der Waals surface area contributed by atoms with Crippen molar-refractivity contribution in [2.75, 3.05) is 0 Å². The summed E-state index contributed by atoms with van der Waals surface area (Å²) in [6, 6.07) is -0.955. The Labute approximate surface area is 123 Å². The maximum Gasteiger partial charge on any atom is 0.412 e. The molecule has 1 aromatic heterocycles. The van der Waals surface area contributed by atoms with Gasteiger partial charge in [-0.15, -0.1) is 0 Å². The minimum atomic E-state index is -4.48. The minimum absolute atomic E-state index is 0.0866. The van der Waals surface area contributed by atoms with Gasteiger partial charge in [0.2, 0.25) is 5.76 Å². The fraction of sp³-hybridized carbons (Fsp3) is 0.333. The average molecular weight is 311 g/mol. The van der Waals surface area contributed by atoms with Gasteiger partial charge in [-0.2, -0.15) is 13.2 Å². The molecular formula is C15H12F3NO3. The molecule has 0 bridgehead atoms. The van der Waals surface area contributed by atoms with Gasteiger partial charge in [0.05, 0.1) is 11.6 Å². The number of hydrogen-bond acceptors (Lipinski definition) is 3. The lowest BCUT2D eigenvalue weighted by atomic mass is 9.99. The number of aryl methyl sites for hydroxylation is 1. The molecule has 0 saturated carbocycles. The number of furan rings is 1. The number of fused-ring (bicyclic) bond motifs is 1. The van der Waals surface area contributed by atoms with E-state index in [0.29, 0.717) is 11.3 Å². The van der Waals surface area contributed by atoms with Gasteiger partial charge in [-0.05, 0) is 13.8 Å². The lowest BCUT2D eigenvalue weighted by Gasteiger charge is -2.27. The molecule has 2 amide bonds. The van der Waals surface area contributed by atoms with E-state index in [1.54, 1.807) is 13.8 Å². The van der Waals surface area contributed by atoms with Crippen LogP contribution in [0.3, 0.4) is 0 Å². The van der Waals surface area contributed by atoms with Gasteiger partial charge < -0.3 is 4.42 Å². The first-order valence-electron chi connectivity index (χ1n) is 6.64. The first-order chi connectivity index (χ1) is 10.2. The van der Waals surface area contributed by atoms with E-state index < -0.39 is 36.0 Å². The zero-order valence-corrected chi connectivity index (χ0v) is 11.8. The monoisotopic (exact) mass is 311 g/mol. The van der Waals surface area contributed by atoms with Crippen molar-refractivity contribution in [3.63, 3.8) is 0 Å². The number of allylic oxidation sites excluding steroid dienone is 2. The van der Waals surface area contributed by atoms with Crippen LogP contribution in [-0.4, -0.2) is 28.9 Å². The zero-order chi connectivity index (χ0) is 16.2. The molecule has 2 aliphatic rings. The Morgan fingerprint density at radius 3 is 2.50 bits per heavy atom. The zero-order valence-electron chi connectivity index (χ0n) is 11.8. The van der Waals surface area contributed by atoms with E-state index in [9.17, 15) is 22.8 Å². The van der Waals surface area contributed by atoms with Crippen molar-refractivity contribution >= 4 is 11.8 Å². The van der Waals surface area contributed by atoms with E-state index in [1.807, 2.05) is 0 Å². The van der Waals surface area contributed by atoms with Crippen LogP contribution in [0.15, 0.2) is 28.2 Å². The minimum Gasteiger partial charge on any atom is -0.455 e. The second-order valence-corrected chi connectivity index (χ2v) is 5.31. The second kappa shape index (κ2) is 4.59. The van der Waals surface area contributed by atoms with Crippen LogP contribution in [-0.2, 0) is 0 Å². The lowest BCUT2D eigenvalue weighted by Crippen LogP contribution is -2.40. The highest BCUT2D eigenvalue weighted by Crippen LogP contribution is 2.37. The van der Waals surface area contributed by atoms with Crippen LogP contribution in [0.25, 0.3) is 0 Å². The highest BCUT2D eigenvalue weighted by atomic mass is 19.4. The number of rotatable bonds is 1. The Morgan fingerprint density at radius 2 is 1.91 bits per heavy atom. The van der Waals surface area contributed by atoms with Crippen molar-refractivity contribution in [1.82, 2.24) is 4.90 Å². The number of hydrogen-bond donors (Lipinski definition) is 0. The van der Waals surface area contributed by atoms with Crippen LogP contribution in [0.2, 0.25) is 0 Å². The van der Waals surface area contributed by atoms with Crippen molar-refractivity contribution < 1.29 is 27.2 Å². The third-order valence-electron chi connectivity index (χ3n) is 3.99. The molecule has 0 saturated heterocycles. The Kier molecular flexibility index (Phi) is 3.05. The third kappa shape index (κ3) is 2.00. The van der Waals surface area contributed by atoms with E-state index in [2.05, 4.69) is 0 Å². The van der Waals surface area contributed by atoms with Crippen molar-refractivity contribution in [1.29, 1.82) is 0 Å². The smallest absolute Gasteiger partial charge is 0.412 e. The Hall–Kier alpha value is -2.31. The van der Waals surface area contributed by atoms with E-state index in [1.165, 1.54) is 12.2 Å². The van der Waals surface area contributed by atoms with E-state index in [-0.39, 0.29) is 11.3 Å². The van der Waals surface area contributed by atoms with E-state index in [0.717, 1.165) is 11.0 Å². The number of imide groups is 1. The van der Waals surface area contributed by atoms with Gasteiger partial charge >= 0.3 is 6.18 Å². The molecule has 0 N–H and O–H groups in total. The number of nitrogens with zero attached hydrogens (tertiary/aromatic N) is 1. The van der Waals surface area contributed by atoms with Gasteiger partial charge in [0.15, 0.2) is 0 Å². The fourth-order valence-electron chi connectivity index (χ4n) is 2.71. The molecule has 0 radical (unpaired) electrons. The SMILES string of the molecule is Cc1oc2c(c1C)C(=O)N(C1C=CC=C(C(F)(F)F)C1)C2=O. The van der Waals surface area contributed by atoms with Gasteiger partial charge in [0, 0.05) is 17.6 Å². The molecule has 22 heavy (non-hydrogen) atoms. The summed E-state index contributed by atoms with van der Waals surface area (Å²) in [6.45, 7) is 3.27. The summed E-state index contributed by atoms with van der Waals surface area (Å²) in [4.78, 5) is 25.6. The van der Waals surface area contributed by atoms with Crippen molar-refractivity contribution in [2.24, 2.45) is 0 Å². The Balaban J connectivity index is 1.93. The summed E-state index contributed by atoms with van der Waals surface area (Å²) in [6.07, 6.45) is -1.34. The van der Waals surface area contributed by atoms with Gasteiger partial charge in [0.1, 0.15) is 5.76 Å². The molecule has 0 spiro atoms. The molecule has 116 valence electrons. The summed E-state index contributed by atoms with van der Waals surface area (Å²) in [5.74, 6) is -0.917. The first-order valence-corrected chi connectivity index (χ1v) is 6.64. The average Bonchev–Trinajstić information content (AvgIpc) is 2.86. The van der Waals surface area contributed by atoms with Crippen molar-refractivity contribution in [3.8, 4) is 0 Å². The largest absolute Gasteiger partial charge is 0.455 e. The highest BCUT2D eigenvalue weighted by molar-refractivity contribution is 6.21. The summed E-state index contributed by atoms with van der Waals surface area (Å²) >= 11 is 0. The maximum atomic E-state index is 12.8. The summed E-state index contributed by atoms with van der Waals surface area (Å²) in [5.41, 5.74) is -0.0711. The molecule has 4 nitrogen and oxygen atoms in total. The van der Waals surface area contributed by atoms with Crippen molar-refractivity contribution in [2.45, 2.75) is 32.5 Å². The highest BCUT2D eigenvalue weighted by Gasteiger charge is 2.46. The third-order valence-corrected chi connectivity index (χ3v) is 3.99. The van der Waals surface area contributed by atoms with E-state index >= 15 is 0 Å². The standard InChI is InChI=1S/C15H12F3NO3/c1-7-8(2)22-12-11(7)13(20)19(14(12)21)10-5-3-4-9(6-10)15(16,17)18/h3-5,10H,6H2,1-2H3. The van der Waals surface area contributed by atoms with Crippen LogP contribution in [0.4, 0.5) is 13.2 Å². The van der Waals surface area contributed by atoms with Crippen LogP contribution < -0.4 is 0 Å². The maximum absolute atomic E-state index is 12.8. The summed E-state index contributed by atoms with van der Waals surface area (Å²) < 4.78 is 43.7. The number of carbonyl (C=O) groups is 2. The number of halogens is 3. The van der Waals surface area contributed by atoms with Gasteiger partial charge in [-0.3, -0.25) is 14.5 Å². The van der Waals surface area contributed by atoms with Crippen LogP contribution >= 0.6 is 0 Å². The topological polar surface area (TPSA) is 50.5 Å². The molecule has 1 aliphatic heterocycles. The predicted molar refractivity (Wildman–Crippen MR) is 70.4 cm³/mol. The molecule has 3 rings (SSSR count). The quantitative estimate of drug-likeness (QED) is 0.748. The lowest BCUT2D eigenvalue weighted by molar-refractivity contribution is -0.0952. The summed E-state index contributed by atoms with van der Waals surface area (Å²) in [7, 11) is 0. The Bertz CT molecular complexity index is 740. The van der Waals surface area contributed by atoms with E-state index in [4.69, 9.17) is 4.42 Å². The summed E-state index contributed by atoms with van der Waals surface area (Å²) in [5, 5.41) is 0. The first kappa shape index (κ1) is 14.6. The molecule has 0 fully saturated rings. The molecular weight excluding hydrogens is 299 g/mol. The molecule has 1 aliphatic carbocycles. The number of alkyl halides is 3.